The third-order valence-electron chi connectivity index (χ3n) is 7.28. The summed E-state index contributed by atoms with van der Waals surface area (Å²) in [5.41, 5.74) is 1.71. The molecule has 0 bridgehead atoms. The molecule has 196 valence electrons. The van der Waals surface area contributed by atoms with Gasteiger partial charge in [-0.3, -0.25) is 9.69 Å². The molecule has 3 aromatic rings. The van der Waals surface area contributed by atoms with Crippen molar-refractivity contribution in [3.63, 3.8) is 0 Å². The Hall–Kier alpha value is -3.41. The lowest BCUT2D eigenvalue weighted by Crippen LogP contribution is -2.39. The smallest absolute Gasteiger partial charge is 0.337 e. The summed E-state index contributed by atoms with van der Waals surface area (Å²) in [5, 5.41) is 1.73. The van der Waals surface area contributed by atoms with Crippen LogP contribution in [0.5, 0.6) is 5.75 Å². The quantitative estimate of drug-likeness (QED) is 0.333. The van der Waals surface area contributed by atoms with Gasteiger partial charge >= 0.3 is 5.97 Å². The van der Waals surface area contributed by atoms with Crippen molar-refractivity contribution in [3.05, 3.63) is 65.9 Å². The van der Waals surface area contributed by atoms with E-state index in [1.165, 1.54) is 12.7 Å². The highest BCUT2D eigenvalue weighted by atomic mass is 16.5. The first kappa shape index (κ1) is 26.6. The van der Waals surface area contributed by atoms with Gasteiger partial charge in [0.2, 0.25) is 5.91 Å². The second-order valence-corrected chi connectivity index (χ2v) is 11.3. The zero-order chi connectivity index (χ0) is 26.6. The zero-order valence-electron chi connectivity index (χ0n) is 22.6. The molecule has 6 heteroatoms. The van der Waals surface area contributed by atoms with Crippen LogP contribution in [0.1, 0.15) is 74.7 Å². The highest BCUT2D eigenvalue weighted by Gasteiger charge is 2.30. The predicted octanol–water partition coefficient (Wildman–Crippen LogP) is 6.77. The van der Waals surface area contributed by atoms with E-state index in [0.29, 0.717) is 36.2 Å². The Labute approximate surface area is 220 Å². The lowest BCUT2D eigenvalue weighted by Gasteiger charge is -2.34. The molecule has 1 aliphatic carbocycles. The zero-order valence-corrected chi connectivity index (χ0v) is 22.6. The van der Waals surface area contributed by atoms with Crippen LogP contribution in [0, 0.1) is 11.3 Å². The maximum atomic E-state index is 13.6. The Balaban J connectivity index is 1.56. The summed E-state index contributed by atoms with van der Waals surface area (Å²) in [6.45, 7) is 6.90. The molecule has 2 aromatic carbocycles. The van der Waals surface area contributed by atoms with Crippen molar-refractivity contribution in [3.8, 4) is 5.75 Å². The number of fused-ring (bicyclic) bond motifs is 1. The summed E-state index contributed by atoms with van der Waals surface area (Å²) < 4.78 is 10.2. The number of carbonyl (C=O) groups is 2. The molecule has 4 rings (SSSR count). The van der Waals surface area contributed by atoms with Gasteiger partial charge in [0.25, 0.3) is 0 Å². The largest absolute Gasteiger partial charge is 0.497 e. The van der Waals surface area contributed by atoms with E-state index in [1.807, 2.05) is 29.2 Å². The van der Waals surface area contributed by atoms with Crippen LogP contribution in [0.15, 0.2) is 54.7 Å². The topological polar surface area (TPSA) is 68.7 Å². The van der Waals surface area contributed by atoms with E-state index in [1.54, 1.807) is 25.4 Å². The number of benzene rings is 2. The molecule has 0 saturated heterocycles. The predicted molar refractivity (Wildman–Crippen MR) is 147 cm³/mol. The molecule has 1 amide bonds. The van der Waals surface area contributed by atoms with Gasteiger partial charge < -0.3 is 9.47 Å². The van der Waals surface area contributed by atoms with Gasteiger partial charge in [0.1, 0.15) is 11.6 Å². The van der Waals surface area contributed by atoms with Crippen molar-refractivity contribution in [2.45, 2.75) is 58.8 Å². The molecule has 1 aliphatic rings. The van der Waals surface area contributed by atoms with Crippen LogP contribution in [0.3, 0.4) is 0 Å². The number of esters is 1. The van der Waals surface area contributed by atoms with Crippen LogP contribution in [0.2, 0.25) is 0 Å². The number of amides is 1. The summed E-state index contributed by atoms with van der Waals surface area (Å²) in [6.07, 6.45) is 6.48. The number of aromatic nitrogens is 1. The maximum Gasteiger partial charge on any atom is 0.337 e. The van der Waals surface area contributed by atoms with Crippen LogP contribution in [-0.2, 0) is 9.53 Å². The highest BCUT2D eigenvalue weighted by Crippen LogP contribution is 2.38. The van der Waals surface area contributed by atoms with Crippen LogP contribution >= 0.6 is 0 Å². The van der Waals surface area contributed by atoms with Gasteiger partial charge in [0.05, 0.1) is 19.8 Å². The van der Waals surface area contributed by atoms with E-state index in [-0.39, 0.29) is 17.3 Å². The van der Waals surface area contributed by atoms with Gasteiger partial charge in [-0.15, -0.1) is 0 Å². The van der Waals surface area contributed by atoms with E-state index in [0.717, 1.165) is 42.2 Å². The summed E-state index contributed by atoms with van der Waals surface area (Å²) in [7, 11) is 3.07. The standard InChI is InChI=1S/C31H38N2O4/c1-31(2,3)19-28(34)33(29-27-15-12-25(30(35)37-5)18-24(27)16-17-32-29)20-21-6-8-22(9-7-21)23-10-13-26(36-4)14-11-23/h10-18,21-22H,6-9,19-20H2,1-5H3. The molecule has 0 radical (unpaired) electrons. The molecule has 37 heavy (non-hydrogen) atoms. The first-order valence-electron chi connectivity index (χ1n) is 13.1. The van der Waals surface area contributed by atoms with Gasteiger partial charge in [-0.2, -0.15) is 0 Å². The molecule has 1 saturated carbocycles. The number of hydrogen-bond donors (Lipinski definition) is 0. The van der Waals surface area contributed by atoms with Gasteiger partial charge in [-0.1, -0.05) is 32.9 Å². The lowest BCUT2D eigenvalue weighted by atomic mass is 9.78. The Morgan fingerprint density at radius 1 is 0.973 bits per heavy atom. The van der Waals surface area contributed by atoms with Crippen molar-refractivity contribution in [2.75, 3.05) is 25.7 Å². The fraction of sp³-hybridized carbons (Fsp3) is 0.452. The first-order chi connectivity index (χ1) is 17.7. The molecule has 0 aliphatic heterocycles. The molecule has 6 nitrogen and oxygen atoms in total. The molecule has 0 unspecified atom stereocenters. The number of hydrogen-bond acceptors (Lipinski definition) is 5. The monoisotopic (exact) mass is 502 g/mol. The van der Waals surface area contributed by atoms with Crippen LogP contribution in [0.4, 0.5) is 5.82 Å². The Morgan fingerprint density at radius 3 is 2.30 bits per heavy atom. The summed E-state index contributed by atoms with van der Waals surface area (Å²) in [6, 6.07) is 15.7. The maximum absolute atomic E-state index is 13.6. The van der Waals surface area contributed by atoms with Crippen molar-refractivity contribution >= 4 is 28.5 Å². The molecular weight excluding hydrogens is 464 g/mol. The molecule has 1 heterocycles. The lowest BCUT2D eigenvalue weighted by molar-refractivity contribution is -0.120. The van der Waals surface area contributed by atoms with E-state index in [9.17, 15) is 9.59 Å². The van der Waals surface area contributed by atoms with E-state index in [4.69, 9.17) is 9.47 Å². The minimum atomic E-state index is -0.380. The minimum absolute atomic E-state index is 0.0850. The van der Waals surface area contributed by atoms with Crippen molar-refractivity contribution < 1.29 is 19.1 Å². The SMILES string of the molecule is COC(=O)c1ccc2c(N(CC3CCC(c4ccc(OC)cc4)CC3)C(=O)CC(C)(C)C)nccc2c1. The van der Waals surface area contributed by atoms with E-state index >= 15 is 0 Å². The number of anilines is 1. The average Bonchev–Trinajstić information content (AvgIpc) is 2.90. The minimum Gasteiger partial charge on any atom is -0.497 e. The van der Waals surface area contributed by atoms with Gasteiger partial charge in [-0.05, 0) is 90.3 Å². The normalized spacial score (nSPS) is 17.9. The summed E-state index contributed by atoms with van der Waals surface area (Å²) in [5.74, 6) is 2.20. The second kappa shape index (κ2) is 11.3. The molecule has 0 N–H and O–H groups in total. The number of methoxy groups -OCH3 is 2. The number of pyridine rings is 1. The number of nitrogens with zero attached hydrogens (tertiary/aromatic N) is 2. The van der Waals surface area contributed by atoms with Crippen molar-refractivity contribution in [1.82, 2.24) is 4.98 Å². The third-order valence-corrected chi connectivity index (χ3v) is 7.28. The molecule has 1 aromatic heterocycles. The second-order valence-electron chi connectivity index (χ2n) is 11.3. The first-order valence-corrected chi connectivity index (χ1v) is 13.1. The fourth-order valence-electron chi connectivity index (χ4n) is 5.29. The van der Waals surface area contributed by atoms with Crippen LogP contribution in [0.25, 0.3) is 10.8 Å². The van der Waals surface area contributed by atoms with Crippen LogP contribution < -0.4 is 9.64 Å². The summed E-state index contributed by atoms with van der Waals surface area (Å²) in [4.78, 5) is 32.3. The molecule has 1 fully saturated rings. The average molecular weight is 503 g/mol. The molecule has 0 atom stereocenters. The van der Waals surface area contributed by atoms with Crippen molar-refractivity contribution in [1.29, 1.82) is 0 Å². The number of rotatable bonds is 7. The van der Waals surface area contributed by atoms with E-state index < -0.39 is 0 Å². The third kappa shape index (κ3) is 6.48. The van der Waals surface area contributed by atoms with Gasteiger partial charge in [-0.25, -0.2) is 9.78 Å². The molecular formula is C31H38N2O4. The number of ether oxygens (including phenoxy) is 2. The Bertz CT molecular complexity index is 1240. The van der Waals surface area contributed by atoms with Crippen LogP contribution in [-0.4, -0.2) is 37.6 Å². The Kier molecular flexibility index (Phi) is 8.16. The van der Waals surface area contributed by atoms with Gasteiger partial charge in [0, 0.05) is 24.5 Å². The highest BCUT2D eigenvalue weighted by molar-refractivity contribution is 6.04. The van der Waals surface area contributed by atoms with E-state index in [2.05, 4.69) is 37.9 Å². The summed E-state index contributed by atoms with van der Waals surface area (Å²) >= 11 is 0. The molecule has 0 spiro atoms. The Morgan fingerprint density at radius 2 is 1.68 bits per heavy atom. The number of carbonyl (C=O) groups excluding carboxylic acids is 2. The fourth-order valence-corrected chi connectivity index (χ4v) is 5.29. The van der Waals surface area contributed by atoms with Gasteiger partial charge in [0.15, 0.2) is 0 Å². The van der Waals surface area contributed by atoms with Crippen molar-refractivity contribution in [2.24, 2.45) is 11.3 Å².